The van der Waals surface area contributed by atoms with Gasteiger partial charge in [0.15, 0.2) is 17.3 Å². The van der Waals surface area contributed by atoms with Gasteiger partial charge in [-0.2, -0.15) is 27.1 Å². The summed E-state index contributed by atoms with van der Waals surface area (Å²) in [4.78, 5) is 30.3. The van der Waals surface area contributed by atoms with Gasteiger partial charge in [0.1, 0.15) is 5.69 Å². The fourth-order valence-corrected chi connectivity index (χ4v) is 4.81. The Morgan fingerprint density at radius 1 is 1.15 bits per heavy atom. The molecule has 0 bridgehead atoms. The van der Waals surface area contributed by atoms with Gasteiger partial charge < -0.3 is 5.32 Å². The SMILES string of the molecule is CNC(=O)c1cc(I)cc(C)c1CC(=O)c1cc(Cn2cc(C(F)(F)C(F)(F)F)nn2)nn1-c1ncccc1Cl. The summed E-state index contributed by atoms with van der Waals surface area (Å²) in [6, 6.07) is 7.84. The first-order chi connectivity index (χ1) is 18.7. The molecule has 210 valence electrons. The van der Waals surface area contributed by atoms with Crippen LogP contribution in [0.1, 0.15) is 43.4 Å². The van der Waals surface area contributed by atoms with Crippen LogP contribution < -0.4 is 5.32 Å². The Bertz CT molecular complexity index is 1600. The maximum absolute atomic E-state index is 13.7. The summed E-state index contributed by atoms with van der Waals surface area (Å²) in [5.41, 5.74) is -0.0501. The van der Waals surface area contributed by atoms with Gasteiger partial charge in [-0.25, -0.2) is 14.3 Å². The molecule has 9 nitrogen and oxygen atoms in total. The standard InChI is InChI=1S/C24H18ClF5IN7O2/c1-12-6-13(31)7-16(22(40)32-2)15(12)9-19(39)18-8-14(35-38(18)21-17(25)4-3-5-33-21)10-37-11-20(34-36-37)23(26,27)24(28,29)30/h3-8,11H,9-10H2,1-2H3,(H,32,40). The monoisotopic (exact) mass is 693 g/mol. The van der Waals surface area contributed by atoms with Gasteiger partial charge in [0.2, 0.25) is 0 Å². The van der Waals surface area contributed by atoms with Gasteiger partial charge in [0.25, 0.3) is 5.91 Å². The molecule has 1 amide bonds. The van der Waals surface area contributed by atoms with Crippen molar-refractivity contribution < 1.29 is 31.5 Å². The second kappa shape index (κ2) is 11.2. The van der Waals surface area contributed by atoms with Crippen molar-refractivity contribution in [3.05, 3.63) is 85.1 Å². The smallest absolute Gasteiger partial charge is 0.355 e. The highest BCUT2D eigenvalue weighted by Crippen LogP contribution is 2.42. The summed E-state index contributed by atoms with van der Waals surface area (Å²) in [5.74, 6) is -6.00. The lowest BCUT2D eigenvalue weighted by Crippen LogP contribution is -2.34. The molecule has 0 unspecified atom stereocenters. The number of carbonyl (C=O) groups excluding carboxylic acids is 2. The second-order valence-corrected chi connectivity index (χ2v) is 10.2. The van der Waals surface area contributed by atoms with Crippen LogP contribution in [0.3, 0.4) is 0 Å². The number of hydrogen-bond acceptors (Lipinski definition) is 6. The van der Waals surface area contributed by atoms with Crippen LogP contribution in [0.15, 0.2) is 42.7 Å². The van der Waals surface area contributed by atoms with Crippen LogP contribution >= 0.6 is 34.2 Å². The Morgan fingerprint density at radius 2 is 1.88 bits per heavy atom. The molecule has 4 aromatic rings. The lowest BCUT2D eigenvalue weighted by atomic mass is 9.95. The topological polar surface area (TPSA) is 108 Å². The molecule has 16 heteroatoms. The van der Waals surface area contributed by atoms with Crippen LogP contribution in [0.5, 0.6) is 0 Å². The summed E-state index contributed by atoms with van der Waals surface area (Å²) in [6.45, 7) is 1.36. The van der Waals surface area contributed by atoms with Crippen LogP contribution in [0.25, 0.3) is 5.82 Å². The van der Waals surface area contributed by atoms with E-state index in [-0.39, 0.29) is 34.6 Å². The molecule has 3 aromatic heterocycles. The molecule has 0 spiro atoms. The van der Waals surface area contributed by atoms with Crippen molar-refractivity contribution in [2.24, 2.45) is 0 Å². The zero-order chi connectivity index (χ0) is 29.4. The number of nitrogens with one attached hydrogen (secondary N) is 1. The molecular weight excluding hydrogens is 676 g/mol. The molecule has 0 saturated carbocycles. The molecule has 0 aliphatic rings. The van der Waals surface area contributed by atoms with E-state index in [2.05, 4.69) is 48.3 Å². The highest BCUT2D eigenvalue weighted by molar-refractivity contribution is 14.1. The second-order valence-electron chi connectivity index (χ2n) is 8.54. The Balaban J connectivity index is 1.74. The number of rotatable bonds is 8. The highest BCUT2D eigenvalue weighted by Gasteiger charge is 2.60. The molecule has 3 heterocycles. The minimum absolute atomic E-state index is 0.0163. The van der Waals surface area contributed by atoms with E-state index in [1.54, 1.807) is 19.1 Å². The number of ketones is 1. The number of hydrogen-bond donors (Lipinski definition) is 1. The number of benzene rings is 1. The van der Waals surface area contributed by atoms with E-state index in [1.807, 2.05) is 6.07 Å². The molecule has 4 rings (SSSR count). The Labute approximate surface area is 241 Å². The van der Waals surface area contributed by atoms with E-state index < -0.39 is 30.1 Å². The van der Waals surface area contributed by atoms with Crippen molar-refractivity contribution in [3.8, 4) is 5.82 Å². The fourth-order valence-electron chi connectivity index (χ4n) is 3.83. The van der Waals surface area contributed by atoms with E-state index in [9.17, 15) is 31.5 Å². The largest absolute Gasteiger partial charge is 0.459 e. The van der Waals surface area contributed by atoms with E-state index in [0.29, 0.717) is 22.9 Å². The third-order valence-electron chi connectivity index (χ3n) is 5.77. The number of aryl methyl sites for hydroxylation is 1. The minimum atomic E-state index is -5.86. The van der Waals surface area contributed by atoms with E-state index in [0.717, 1.165) is 12.9 Å². The molecule has 0 fully saturated rings. The van der Waals surface area contributed by atoms with Gasteiger partial charge >= 0.3 is 12.1 Å². The lowest BCUT2D eigenvalue weighted by molar-refractivity contribution is -0.291. The van der Waals surface area contributed by atoms with Gasteiger partial charge in [-0.15, -0.1) is 5.10 Å². The highest BCUT2D eigenvalue weighted by atomic mass is 127. The Kier molecular flexibility index (Phi) is 8.26. The predicted octanol–water partition coefficient (Wildman–Crippen LogP) is 4.91. The van der Waals surface area contributed by atoms with Crippen LogP contribution in [0, 0.1) is 10.5 Å². The molecule has 0 atom stereocenters. The molecule has 1 aromatic carbocycles. The zero-order valence-electron chi connectivity index (χ0n) is 20.6. The molecule has 1 N–H and O–H groups in total. The van der Waals surface area contributed by atoms with Crippen LogP contribution in [0.4, 0.5) is 22.0 Å². The maximum Gasteiger partial charge on any atom is 0.459 e. The van der Waals surface area contributed by atoms with Gasteiger partial charge in [0.05, 0.1) is 23.5 Å². The van der Waals surface area contributed by atoms with Crippen molar-refractivity contribution in [3.63, 3.8) is 0 Å². The normalized spacial score (nSPS) is 12.0. The third kappa shape index (κ3) is 5.84. The van der Waals surface area contributed by atoms with Gasteiger partial charge in [-0.3, -0.25) is 9.59 Å². The molecule has 40 heavy (non-hydrogen) atoms. The number of aromatic nitrogens is 6. The number of carbonyl (C=O) groups is 2. The average molecular weight is 694 g/mol. The maximum atomic E-state index is 13.7. The van der Waals surface area contributed by atoms with Crippen LogP contribution in [-0.4, -0.2) is 54.7 Å². The van der Waals surface area contributed by atoms with Crippen LogP contribution in [0.2, 0.25) is 5.02 Å². The Hall–Kier alpha value is -3.47. The van der Waals surface area contributed by atoms with E-state index in [1.165, 1.54) is 25.4 Å². The average Bonchev–Trinajstić information content (AvgIpc) is 3.52. The summed E-state index contributed by atoms with van der Waals surface area (Å²) in [6.07, 6.45) is -4.21. The first kappa shape index (κ1) is 29.5. The fraction of sp³-hybridized carbons (Fsp3) is 0.250. The molecule has 0 aliphatic carbocycles. The van der Waals surface area contributed by atoms with Gasteiger partial charge in [-0.05, 0) is 71.0 Å². The summed E-state index contributed by atoms with van der Waals surface area (Å²) >= 11 is 8.34. The number of alkyl halides is 5. The Morgan fingerprint density at radius 3 is 2.52 bits per heavy atom. The number of nitrogens with zero attached hydrogens (tertiary/aromatic N) is 6. The van der Waals surface area contributed by atoms with E-state index >= 15 is 0 Å². The number of pyridine rings is 1. The zero-order valence-corrected chi connectivity index (χ0v) is 23.5. The van der Waals surface area contributed by atoms with Crippen molar-refractivity contribution in [1.82, 2.24) is 35.1 Å². The molecular formula is C24H18ClF5IN7O2. The molecule has 0 radical (unpaired) electrons. The summed E-state index contributed by atoms with van der Waals surface area (Å²) < 4.78 is 68.2. The van der Waals surface area contributed by atoms with Crippen molar-refractivity contribution in [2.45, 2.75) is 32.0 Å². The number of halogens is 7. The lowest BCUT2D eigenvalue weighted by Gasteiger charge is -2.16. The molecule has 0 aliphatic heterocycles. The predicted molar refractivity (Wildman–Crippen MR) is 141 cm³/mol. The summed E-state index contributed by atoms with van der Waals surface area (Å²) in [7, 11) is 1.47. The van der Waals surface area contributed by atoms with Crippen molar-refractivity contribution in [2.75, 3.05) is 7.05 Å². The van der Waals surface area contributed by atoms with Gasteiger partial charge in [-0.1, -0.05) is 16.8 Å². The summed E-state index contributed by atoms with van der Waals surface area (Å²) in [5, 5.41) is 13.3. The minimum Gasteiger partial charge on any atom is -0.355 e. The number of amides is 1. The van der Waals surface area contributed by atoms with Gasteiger partial charge in [0, 0.05) is 28.8 Å². The van der Waals surface area contributed by atoms with Crippen molar-refractivity contribution >= 4 is 45.9 Å². The quantitative estimate of drug-likeness (QED) is 0.160. The molecule has 0 saturated heterocycles. The number of Topliss-reactive ketones (excluding diaryl/α,β-unsaturated/α-hetero) is 1. The third-order valence-corrected chi connectivity index (χ3v) is 6.69. The van der Waals surface area contributed by atoms with Crippen molar-refractivity contribution in [1.29, 1.82) is 0 Å². The van der Waals surface area contributed by atoms with E-state index in [4.69, 9.17) is 11.6 Å². The first-order valence-electron chi connectivity index (χ1n) is 11.3. The van der Waals surface area contributed by atoms with Crippen LogP contribution in [-0.2, 0) is 18.9 Å². The first-order valence-corrected chi connectivity index (χ1v) is 12.8.